The molecule has 2 atom stereocenters. The van der Waals surface area contributed by atoms with Crippen LogP contribution in [0.25, 0.3) is 0 Å². The predicted molar refractivity (Wildman–Crippen MR) is 76.3 cm³/mol. The summed E-state index contributed by atoms with van der Waals surface area (Å²) >= 11 is 0. The minimum absolute atomic E-state index is 0.00191. The number of ether oxygens (including phenoxy) is 1. The van der Waals surface area contributed by atoms with E-state index in [1.165, 1.54) is 6.07 Å². The van der Waals surface area contributed by atoms with E-state index in [2.05, 4.69) is 0 Å². The van der Waals surface area contributed by atoms with Crippen LogP contribution in [-0.4, -0.2) is 41.5 Å². The number of Topliss-reactive ketones (excluding diaryl/α,β-unsaturated/α-hetero) is 1. The van der Waals surface area contributed by atoms with E-state index in [1.54, 1.807) is 6.92 Å². The van der Waals surface area contributed by atoms with Gasteiger partial charge in [0.25, 0.3) is 0 Å². The van der Waals surface area contributed by atoms with E-state index in [9.17, 15) is 13.6 Å². The molecule has 1 fully saturated rings. The maximum absolute atomic E-state index is 13.8. The molecule has 0 radical (unpaired) electrons. The third-order valence-corrected chi connectivity index (χ3v) is 3.72. The number of nitrogens with zero attached hydrogens (tertiary/aromatic N) is 1. The molecule has 116 valence electrons. The number of carbonyl (C=O) groups is 1. The number of benzene rings is 1. The van der Waals surface area contributed by atoms with Crippen LogP contribution in [0.4, 0.5) is 8.78 Å². The van der Waals surface area contributed by atoms with Gasteiger partial charge in [-0.05, 0) is 39.8 Å². The quantitative estimate of drug-likeness (QED) is 0.803. The highest BCUT2D eigenvalue weighted by Crippen LogP contribution is 2.24. The first-order valence-corrected chi connectivity index (χ1v) is 7.11. The normalized spacial score (nSPS) is 23.8. The van der Waals surface area contributed by atoms with E-state index < -0.39 is 17.7 Å². The molecule has 1 saturated heterocycles. The lowest BCUT2D eigenvalue weighted by atomic mass is 9.99. The average Bonchev–Trinajstić information content (AvgIpc) is 2.34. The van der Waals surface area contributed by atoms with Crippen LogP contribution < -0.4 is 0 Å². The number of hydrogen-bond donors (Lipinski definition) is 0. The summed E-state index contributed by atoms with van der Waals surface area (Å²) in [6, 6.07) is 2.58. The van der Waals surface area contributed by atoms with Gasteiger partial charge in [0, 0.05) is 19.2 Å². The minimum Gasteiger partial charge on any atom is -0.370 e. The van der Waals surface area contributed by atoms with Crippen molar-refractivity contribution in [2.24, 2.45) is 0 Å². The fourth-order valence-corrected chi connectivity index (χ4v) is 2.88. The van der Waals surface area contributed by atoms with E-state index in [4.69, 9.17) is 4.74 Å². The lowest BCUT2D eigenvalue weighted by Gasteiger charge is -2.43. The molecular formula is C16H21F2NO2. The highest BCUT2D eigenvalue weighted by atomic mass is 19.1. The molecule has 0 saturated carbocycles. The zero-order valence-corrected chi connectivity index (χ0v) is 12.8. The van der Waals surface area contributed by atoms with Crippen molar-refractivity contribution < 1.29 is 18.3 Å². The number of ketones is 1. The molecule has 1 heterocycles. The second-order valence-corrected chi connectivity index (χ2v) is 6.28. The van der Waals surface area contributed by atoms with Gasteiger partial charge in [0.2, 0.25) is 0 Å². The van der Waals surface area contributed by atoms with Crippen LogP contribution in [0.1, 0.15) is 38.1 Å². The predicted octanol–water partition coefficient (Wildman–Crippen LogP) is 3.04. The van der Waals surface area contributed by atoms with E-state index in [-0.39, 0.29) is 23.1 Å². The average molecular weight is 297 g/mol. The molecule has 2 unspecified atom stereocenters. The molecule has 0 aliphatic carbocycles. The first-order chi connectivity index (χ1) is 9.69. The van der Waals surface area contributed by atoms with Crippen LogP contribution in [0, 0.1) is 11.6 Å². The molecule has 3 nitrogen and oxygen atoms in total. The van der Waals surface area contributed by atoms with Gasteiger partial charge in [-0.2, -0.15) is 0 Å². The summed E-state index contributed by atoms with van der Waals surface area (Å²) in [6.45, 7) is 8.83. The van der Waals surface area contributed by atoms with Gasteiger partial charge in [0.05, 0.1) is 23.3 Å². The summed E-state index contributed by atoms with van der Waals surface area (Å²) in [4.78, 5) is 14.4. The Kier molecular flexibility index (Phi) is 4.44. The van der Waals surface area contributed by atoms with Gasteiger partial charge >= 0.3 is 0 Å². The van der Waals surface area contributed by atoms with Gasteiger partial charge in [0.1, 0.15) is 11.6 Å². The summed E-state index contributed by atoms with van der Waals surface area (Å²) < 4.78 is 32.5. The number of carbonyl (C=O) groups excluding carboxylic acids is 1. The van der Waals surface area contributed by atoms with Gasteiger partial charge < -0.3 is 4.74 Å². The van der Waals surface area contributed by atoms with Gasteiger partial charge in [-0.1, -0.05) is 0 Å². The van der Waals surface area contributed by atoms with Gasteiger partial charge in [-0.15, -0.1) is 0 Å². The Hall–Kier alpha value is -1.33. The second-order valence-electron chi connectivity index (χ2n) is 6.28. The Labute approximate surface area is 123 Å². The summed E-state index contributed by atoms with van der Waals surface area (Å²) in [7, 11) is 0. The highest BCUT2D eigenvalue weighted by molar-refractivity contribution is 6.00. The third kappa shape index (κ3) is 3.66. The Morgan fingerprint density at radius 1 is 1.43 bits per heavy atom. The Morgan fingerprint density at radius 2 is 2.10 bits per heavy atom. The SMILES string of the molecule is CC1CN(C(C)C(=O)c2ccc(F)cc2F)CC(C)(C)O1. The second kappa shape index (κ2) is 5.81. The first-order valence-electron chi connectivity index (χ1n) is 7.11. The molecule has 21 heavy (non-hydrogen) atoms. The molecule has 0 amide bonds. The van der Waals surface area contributed by atoms with E-state index >= 15 is 0 Å². The van der Waals surface area contributed by atoms with Crippen molar-refractivity contribution >= 4 is 5.78 Å². The van der Waals surface area contributed by atoms with Crippen LogP contribution >= 0.6 is 0 Å². The van der Waals surface area contributed by atoms with Crippen molar-refractivity contribution in [3.63, 3.8) is 0 Å². The van der Waals surface area contributed by atoms with Crippen molar-refractivity contribution in [3.8, 4) is 0 Å². The van der Waals surface area contributed by atoms with E-state index in [0.717, 1.165) is 12.1 Å². The van der Waals surface area contributed by atoms with Gasteiger partial charge in [-0.3, -0.25) is 9.69 Å². The lowest BCUT2D eigenvalue weighted by molar-refractivity contribution is -0.133. The van der Waals surface area contributed by atoms with Gasteiger partial charge in [0.15, 0.2) is 5.78 Å². The summed E-state index contributed by atoms with van der Waals surface area (Å²) in [5.41, 5.74) is -0.422. The van der Waals surface area contributed by atoms with Crippen molar-refractivity contribution in [3.05, 3.63) is 35.4 Å². The summed E-state index contributed by atoms with van der Waals surface area (Å²) in [6.07, 6.45) is 0.00191. The molecule has 0 spiro atoms. The van der Waals surface area contributed by atoms with Crippen LogP contribution in [0.3, 0.4) is 0 Å². The maximum Gasteiger partial charge on any atom is 0.182 e. The minimum atomic E-state index is -0.813. The Morgan fingerprint density at radius 3 is 2.67 bits per heavy atom. The zero-order chi connectivity index (χ0) is 15.8. The summed E-state index contributed by atoms with van der Waals surface area (Å²) in [5.74, 6) is -1.83. The first kappa shape index (κ1) is 16.0. The lowest BCUT2D eigenvalue weighted by Crippen LogP contribution is -2.56. The topological polar surface area (TPSA) is 29.5 Å². The van der Waals surface area contributed by atoms with Crippen molar-refractivity contribution in [2.75, 3.05) is 13.1 Å². The molecule has 0 aromatic heterocycles. The van der Waals surface area contributed by atoms with Crippen LogP contribution in [0.2, 0.25) is 0 Å². The monoisotopic (exact) mass is 297 g/mol. The molecular weight excluding hydrogens is 276 g/mol. The molecule has 0 N–H and O–H groups in total. The summed E-state index contributed by atoms with van der Waals surface area (Å²) in [5, 5.41) is 0. The smallest absolute Gasteiger partial charge is 0.182 e. The fraction of sp³-hybridized carbons (Fsp3) is 0.562. The van der Waals surface area contributed by atoms with Gasteiger partial charge in [-0.25, -0.2) is 8.78 Å². The van der Waals surface area contributed by atoms with Crippen LogP contribution in [0.5, 0.6) is 0 Å². The highest BCUT2D eigenvalue weighted by Gasteiger charge is 2.36. The molecule has 5 heteroatoms. The molecule has 0 bridgehead atoms. The Bertz CT molecular complexity index is 545. The number of rotatable bonds is 3. The molecule has 1 aromatic rings. The molecule has 2 rings (SSSR count). The van der Waals surface area contributed by atoms with Crippen LogP contribution in [0.15, 0.2) is 18.2 Å². The number of halogens is 2. The van der Waals surface area contributed by atoms with Crippen molar-refractivity contribution in [2.45, 2.75) is 45.4 Å². The molecule has 1 aliphatic rings. The van der Waals surface area contributed by atoms with E-state index in [0.29, 0.717) is 13.1 Å². The van der Waals surface area contributed by atoms with Crippen molar-refractivity contribution in [1.82, 2.24) is 4.90 Å². The van der Waals surface area contributed by atoms with E-state index in [1.807, 2.05) is 25.7 Å². The maximum atomic E-state index is 13.8. The zero-order valence-electron chi connectivity index (χ0n) is 12.8. The third-order valence-electron chi connectivity index (χ3n) is 3.72. The number of morpholine rings is 1. The fourth-order valence-electron chi connectivity index (χ4n) is 2.88. The largest absolute Gasteiger partial charge is 0.370 e. The van der Waals surface area contributed by atoms with Crippen molar-refractivity contribution in [1.29, 1.82) is 0 Å². The Balaban J connectivity index is 2.19. The standard InChI is InChI=1S/C16H21F2NO2/c1-10-8-19(9-16(3,4)21-10)11(2)15(20)13-6-5-12(17)7-14(13)18/h5-7,10-11H,8-9H2,1-4H3. The molecule has 1 aliphatic heterocycles. The molecule has 1 aromatic carbocycles. The number of hydrogen-bond acceptors (Lipinski definition) is 3. The van der Waals surface area contributed by atoms with Crippen LogP contribution in [-0.2, 0) is 4.74 Å².